The van der Waals surface area contributed by atoms with Crippen molar-refractivity contribution >= 4 is 12.1 Å². The van der Waals surface area contributed by atoms with Crippen molar-refractivity contribution < 1.29 is 41.0 Å². The molecule has 0 fully saturated rings. The van der Waals surface area contributed by atoms with Crippen LogP contribution in [0.15, 0.2) is 48.5 Å². The molecule has 4 rings (SSSR count). The molecule has 0 aliphatic heterocycles. The predicted molar refractivity (Wildman–Crippen MR) is 127 cm³/mol. The molecule has 38 heavy (non-hydrogen) atoms. The molecular formula is C27H23F5N2O4. The normalized spacial score (nSPS) is 13.0. The lowest BCUT2D eigenvalue weighted by Crippen LogP contribution is -2.43. The zero-order valence-corrected chi connectivity index (χ0v) is 19.9. The van der Waals surface area contributed by atoms with Crippen molar-refractivity contribution in [3.8, 4) is 16.9 Å². The number of unbranched alkanes of at least 4 members (excludes halogenated alkanes) is 1. The highest BCUT2D eigenvalue weighted by molar-refractivity contribution is 5.83. The minimum atomic E-state index is -2.39. The number of carbonyl (C=O) groups excluding carboxylic acids is 2. The van der Waals surface area contributed by atoms with Gasteiger partial charge in [-0.1, -0.05) is 48.5 Å². The standard InChI is InChI=1S/C27H23F5N2O4/c28-20-21(29)23(31)25(24(32)22(20)30)38-26(35)19(11-5-6-12-33)34-27(36)37-13-18-16-9-3-1-7-14(16)15-8-2-4-10-17(15)18/h1-4,7-10,18-19H,5-6,11-13,33H2,(H,34,36)/t19-/m0/s1. The first kappa shape index (κ1) is 27.1. The molecule has 0 aromatic heterocycles. The molecule has 1 aliphatic rings. The van der Waals surface area contributed by atoms with Crippen LogP contribution in [0.3, 0.4) is 0 Å². The van der Waals surface area contributed by atoms with E-state index in [0.29, 0.717) is 6.42 Å². The Balaban J connectivity index is 1.47. The molecular weight excluding hydrogens is 511 g/mol. The van der Waals surface area contributed by atoms with E-state index in [2.05, 4.69) is 10.1 Å². The van der Waals surface area contributed by atoms with Crippen LogP contribution in [0.4, 0.5) is 26.7 Å². The van der Waals surface area contributed by atoms with E-state index in [-0.39, 0.29) is 31.9 Å². The van der Waals surface area contributed by atoms with Gasteiger partial charge in [0.15, 0.2) is 0 Å². The second kappa shape index (κ2) is 11.6. The Morgan fingerprint density at radius 3 is 1.89 bits per heavy atom. The molecule has 0 heterocycles. The molecule has 0 saturated carbocycles. The van der Waals surface area contributed by atoms with Crippen LogP contribution in [-0.2, 0) is 9.53 Å². The van der Waals surface area contributed by atoms with Crippen molar-refractivity contribution in [2.24, 2.45) is 5.73 Å². The molecule has 1 atom stereocenters. The largest absolute Gasteiger partial charge is 0.449 e. The average Bonchev–Trinajstić information content (AvgIpc) is 3.25. The van der Waals surface area contributed by atoms with Gasteiger partial charge in [0.05, 0.1) is 0 Å². The summed E-state index contributed by atoms with van der Waals surface area (Å²) in [6.07, 6.45) is -0.398. The number of nitrogens with one attached hydrogen (secondary N) is 1. The van der Waals surface area contributed by atoms with Crippen molar-refractivity contribution in [3.05, 3.63) is 88.7 Å². The quantitative estimate of drug-likeness (QED) is 0.0968. The fourth-order valence-corrected chi connectivity index (χ4v) is 4.37. The molecule has 6 nitrogen and oxygen atoms in total. The Kier molecular flexibility index (Phi) is 8.26. The van der Waals surface area contributed by atoms with Gasteiger partial charge in [-0.2, -0.15) is 8.78 Å². The van der Waals surface area contributed by atoms with E-state index in [1.807, 2.05) is 48.5 Å². The van der Waals surface area contributed by atoms with Gasteiger partial charge in [0, 0.05) is 5.92 Å². The van der Waals surface area contributed by atoms with Crippen molar-refractivity contribution in [3.63, 3.8) is 0 Å². The van der Waals surface area contributed by atoms with Gasteiger partial charge < -0.3 is 20.5 Å². The molecule has 1 amide bonds. The van der Waals surface area contributed by atoms with E-state index >= 15 is 0 Å². The molecule has 0 spiro atoms. The Morgan fingerprint density at radius 1 is 0.816 bits per heavy atom. The third kappa shape index (κ3) is 5.33. The Labute approximate surface area is 214 Å². The van der Waals surface area contributed by atoms with E-state index in [1.54, 1.807) is 0 Å². The Morgan fingerprint density at radius 2 is 1.34 bits per heavy atom. The van der Waals surface area contributed by atoms with E-state index in [4.69, 9.17) is 10.5 Å². The number of benzene rings is 3. The minimum Gasteiger partial charge on any atom is -0.449 e. The molecule has 0 unspecified atom stereocenters. The van der Waals surface area contributed by atoms with E-state index in [0.717, 1.165) is 22.3 Å². The highest BCUT2D eigenvalue weighted by Gasteiger charge is 2.33. The summed E-state index contributed by atoms with van der Waals surface area (Å²) in [7, 11) is 0. The van der Waals surface area contributed by atoms with E-state index in [9.17, 15) is 31.5 Å². The topological polar surface area (TPSA) is 90.6 Å². The van der Waals surface area contributed by atoms with Gasteiger partial charge in [0.2, 0.25) is 34.8 Å². The van der Waals surface area contributed by atoms with Crippen LogP contribution in [0, 0.1) is 29.1 Å². The number of rotatable bonds is 9. The van der Waals surface area contributed by atoms with Crippen LogP contribution in [0.25, 0.3) is 11.1 Å². The maximum Gasteiger partial charge on any atom is 0.407 e. The zero-order valence-electron chi connectivity index (χ0n) is 19.9. The minimum absolute atomic E-state index is 0.0813. The predicted octanol–water partition coefficient (Wildman–Crippen LogP) is 5.32. The Hall–Kier alpha value is -3.99. The summed E-state index contributed by atoms with van der Waals surface area (Å²) >= 11 is 0. The summed E-state index contributed by atoms with van der Waals surface area (Å²) in [6, 6.07) is 13.8. The number of halogens is 5. The number of hydrogen-bond acceptors (Lipinski definition) is 5. The Bertz CT molecular complexity index is 1290. The van der Waals surface area contributed by atoms with Crippen LogP contribution in [0.2, 0.25) is 0 Å². The third-order valence-corrected chi connectivity index (χ3v) is 6.24. The van der Waals surface area contributed by atoms with Gasteiger partial charge in [0.25, 0.3) is 0 Å². The van der Waals surface area contributed by atoms with Gasteiger partial charge >= 0.3 is 12.1 Å². The first-order chi connectivity index (χ1) is 18.2. The summed E-state index contributed by atoms with van der Waals surface area (Å²) in [6.45, 7) is 0.173. The molecule has 3 aromatic rings. The lowest BCUT2D eigenvalue weighted by atomic mass is 9.98. The van der Waals surface area contributed by atoms with Crippen LogP contribution < -0.4 is 15.8 Å². The number of carbonyl (C=O) groups is 2. The fraction of sp³-hybridized carbons (Fsp3) is 0.259. The summed E-state index contributed by atoms with van der Waals surface area (Å²) in [5, 5.41) is 2.26. The lowest BCUT2D eigenvalue weighted by molar-refractivity contribution is -0.137. The van der Waals surface area contributed by atoms with Gasteiger partial charge in [-0.3, -0.25) is 0 Å². The SMILES string of the molecule is NCCCC[C@H](NC(=O)OCC1c2ccccc2-c2ccccc21)C(=O)Oc1c(F)c(F)c(F)c(F)c1F. The van der Waals surface area contributed by atoms with E-state index in [1.165, 1.54) is 0 Å². The van der Waals surface area contributed by atoms with Crippen molar-refractivity contribution in [2.75, 3.05) is 13.2 Å². The maximum atomic E-state index is 14.0. The molecule has 11 heteroatoms. The second-order valence-corrected chi connectivity index (χ2v) is 8.63. The third-order valence-electron chi connectivity index (χ3n) is 6.24. The monoisotopic (exact) mass is 534 g/mol. The second-order valence-electron chi connectivity index (χ2n) is 8.63. The lowest BCUT2D eigenvalue weighted by Gasteiger charge is -2.19. The molecule has 3 aromatic carbocycles. The fourth-order valence-electron chi connectivity index (χ4n) is 4.37. The molecule has 0 radical (unpaired) electrons. The number of nitrogens with two attached hydrogens (primary N) is 1. The zero-order chi connectivity index (χ0) is 27.4. The summed E-state index contributed by atoms with van der Waals surface area (Å²) in [5.74, 6) is -15.0. The average molecular weight is 534 g/mol. The molecule has 3 N–H and O–H groups in total. The first-order valence-corrected chi connectivity index (χ1v) is 11.8. The summed E-state index contributed by atoms with van der Waals surface area (Å²) in [5.41, 5.74) is 9.36. The van der Waals surface area contributed by atoms with Crippen molar-refractivity contribution in [2.45, 2.75) is 31.2 Å². The van der Waals surface area contributed by atoms with Gasteiger partial charge in [0.1, 0.15) is 12.6 Å². The molecule has 200 valence electrons. The number of hydrogen-bond donors (Lipinski definition) is 2. The molecule has 0 bridgehead atoms. The van der Waals surface area contributed by atoms with Crippen LogP contribution in [0.5, 0.6) is 5.75 Å². The van der Waals surface area contributed by atoms with Gasteiger partial charge in [-0.05, 0) is 48.1 Å². The first-order valence-electron chi connectivity index (χ1n) is 11.8. The number of amides is 1. The molecule has 0 saturated heterocycles. The summed E-state index contributed by atoms with van der Waals surface area (Å²) < 4.78 is 78.3. The highest BCUT2D eigenvalue weighted by Crippen LogP contribution is 2.44. The van der Waals surface area contributed by atoms with E-state index < -0.39 is 52.9 Å². The number of esters is 1. The van der Waals surface area contributed by atoms with Gasteiger partial charge in [-0.25, -0.2) is 22.8 Å². The molecule has 1 aliphatic carbocycles. The van der Waals surface area contributed by atoms with Crippen LogP contribution >= 0.6 is 0 Å². The van der Waals surface area contributed by atoms with Crippen molar-refractivity contribution in [1.29, 1.82) is 0 Å². The number of fused-ring (bicyclic) bond motifs is 3. The maximum absolute atomic E-state index is 14.0. The highest BCUT2D eigenvalue weighted by atomic mass is 19.2. The number of ether oxygens (including phenoxy) is 2. The van der Waals surface area contributed by atoms with Crippen LogP contribution in [-0.4, -0.2) is 31.3 Å². The number of alkyl carbamates (subject to hydrolysis) is 1. The van der Waals surface area contributed by atoms with Gasteiger partial charge in [-0.15, -0.1) is 0 Å². The van der Waals surface area contributed by atoms with Crippen molar-refractivity contribution in [1.82, 2.24) is 5.32 Å². The summed E-state index contributed by atoms with van der Waals surface area (Å²) in [4.78, 5) is 25.3. The van der Waals surface area contributed by atoms with Crippen LogP contribution in [0.1, 0.15) is 36.3 Å². The smallest absolute Gasteiger partial charge is 0.407 e.